The normalized spacial score (nSPS) is 10.2. The van der Waals surface area contributed by atoms with Crippen LogP contribution in [0.25, 0.3) is 0 Å². The molecular formula is C10H10N2O. The minimum atomic E-state index is 0.678. The first kappa shape index (κ1) is 9.27. The Kier molecular flexibility index (Phi) is 3.04. The molecule has 3 heteroatoms. The van der Waals surface area contributed by atoms with E-state index in [1.165, 1.54) is 6.21 Å². The summed E-state index contributed by atoms with van der Waals surface area (Å²) in [4.78, 5) is 0. The summed E-state index contributed by atoms with van der Waals surface area (Å²) in [6.45, 7) is 1.98. The van der Waals surface area contributed by atoms with Crippen LogP contribution in [0.5, 0.6) is 0 Å². The Balaban J connectivity index is 3.14. The lowest BCUT2D eigenvalue weighted by Crippen LogP contribution is -1.90. The third kappa shape index (κ3) is 2.06. The Labute approximate surface area is 76.9 Å². The Morgan fingerprint density at radius 1 is 1.62 bits per heavy atom. The molecule has 0 saturated carbocycles. The molecule has 13 heavy (non-hydrogen) atoms. The summed E-state index contributed by atoms with van der Waals surface area (Å²) in [7, 11) is 0. The van der Waals surface area contributed by atoms with Gasteiger partial charge in [-0.15, -0.1) is 0 Å². The van der Waals surface area contributed by atoms with Gasteiger partial charge in [0.1, 0.15) is 0 Å². The van der Waals surface area contributed by atoms with E-state index in [1.807, 2.05) is 13.0 Å². The molecule has 0 fully saturated rings. The molecule has 1 aromatic rings. The molecule has 0 amide bonds. The van der Waals surface area contributed by atoms with E-state index in [-0.39, 0.29) is 0 Å². The average Bonchev–Trinajstić information content (AvgIpc) is 2.18. The van der Waals surface area contributed by atoms with Gasteiger partial charge in [0.2, 0.25) is 0 Å². The van der Waals surface area contributed by atoms with Gasteiger partial charge in [-0.05, 0) is 29.7 Å². The van der Waals surface area contributed by atoms with Crippen LogP contribution in [0, 0.1) is 11.3 Å². The first-order chi connectivity index (χ1) is 6.31. The number of hydrogen-bond acceptors (Lipinski definition) is 3. The fourth-order valence-electron chi connectivity index (χ4n) is 1.16. The SMILES string of the molecule is CCc1cc(/C=N/O)ccc1C#N. The average molecular weight is 174 g/mol. The molecule has 0 aliphatic rings. The lowest BCUT2D eigenvalue weighted by Gasteiger charge is -2.00. The Bertz CT molecular complexity index is 364. The van der Waals surface area contributed by atoms with Crippen LogP contribution in [0.4, 0.5) is 0 Å². The third-order valence-corrected chi connectivity index (χ3v) is 1.84. The minimum absolute atomic E-state index is 0.678. The van der Waals surface area contributed by atoms with Crippen LogP contribution >= 0.6 is 0 Å². The molecular weight excluding hydrogens is 164 g/mol. The van der Waals surface area contributed by atoms with Gasteiger partial charge in [-0.2, -0.15) is 5.26 Å². The van der Waals surface area contributed by atoms with Crippen molar-refractivity contribution in [1.29, 1.82) is 5.26 Å². The molecule has 0 atom stereocenters. The Hall–Kier alpha value is -1.82. The predicted octanol–water partition coefficient (Wildman–Crippen LogP) is 1.93. The molecule has 1 aromatic carbocycles. The molecule has 0 saturated heterocycles. The lowest BCUT2D eigenvalue weighted by molar-refractivity contribution is 0.322. The first-order valence-electron chi connectivity index (χ1n) is 4.02. The van der Waals surface area contributed by atoms with E-state index in [0.29, 0.717) is 5.56 Å². The van der Waals surface area contributed by atoms with Gasteiger partial charge in [-0.25, -0.2) is 0 Å². The lowest BCUT2D eigenvalue weighted by atomic mass is 10.0. The van der Waals surface area contributed by atoms with E-state index in [4.69, 9.17) is 10.5 Å². The van der Waals surface area contributed by atoms with Crippen molar-refractivity contribution in [2.45, 2.75) is 13.3 Å². The van der Waals surface area contributed by atoms with E-state index in [0.717, 1.165) is 17.5 Å². The molecule has 0 spiro atoms. The van der Waals surface area contributed by atoms with E-state index in [2.05, 4.69) is 11.2 Å². The van der Waals surface area contributed by atoms with Crippen molar-refractivity contribution in [3.8, 4) is 6.07 Å². The summed E-state index contributed by atoms with van der Waals surface area (Å²) < 4.78 is 0. The molecule has 0 heterocycles. The standard InChI is InChI=1S/C10H10N2O/c1-2-9-5-8(7-12-13)3-4-10(9)6-11/h3-5,7,13H,2H2,1H3/b12-7+. The zero-order valence-corrected chi connectivity index (χ0v) is 7.36. The van der Waals surface area contributed by atoms with Crippen LogP contribution in [0.3, 0.4) is 0 Å². The molecule has 0 unspecified atom stereocenters. The van der Waals surface area contributed by atoms with Gasteiger partial charge in [-0.1, -0.05) is 18.1 Å². The molecule has 1 rings (SSSR count). The fourth-order valence-corrected chi connectivity index (χ4v) is 1.16. The molecule has 0 aromatic heterocycles. The second-order valence-electron chi connectivity index (χ2n) is 2.63. The summed E-state index contributed by atoms with van der Waals surface area (Å²) in [5, 5.41) is 20.0. The minimum Gasteiger partial charge on any atom is -0.411 e. The summed E-state index contributed by atoms with van der Waals surface area (Å²) in [5.41, 5.74) is 2.45. The van der Waals surface area contributed by atoms with Gasteiger partial charge in [0.25, 0.3) is 0 Å². The van der Waals surface area contributed by atoms with Crippen LogP contribution in [-0.4, -0.2) is 11.4 Å². The first-order valence-corrected chi connectivity index (χ1v) is 4.02. The van der Waals surface area contributed by atoms with E-state index < -0.39 is 0 Å². The summed E-state index contributed by atoms with van der Waals surface area (Å²) in [5.74, 6) is 0. The molecule has 0 bridgehead atoms. The maximum Gasteiger partial charge on any atom is 0.0994 e. The highest BCUT2D eigenvalue weighted by Crippen LogP contribution is 2.10. The van der Waals surface area contributed by atoms with Crippen LogP contribution in [0.2, 0.25) is 0 Å². The number of aryl methyl sites for hydroxylation is 1. The highest BCUT2D eigenvalue weighted by atomic mass is 16.4. The van der Waals surface area contributed by atoms with Crippen molar-refractivity contribution in [3.05, 3.63) is 34.9 Å². The van der Waals surface area contributed by atoms with Crippen molar-refractivity contribution >= 4 is 6.21 Å². The number of nitriles is 1. The third-order valence-electron chi connectivity index (χ3n) is 1.84. The monoisotopic (exact) mass is 174 g/mol. The highest BCUT2D eigenvalue weighted by molar-refractivity contribution is 5.79. The second kappa shape index (κ2) is 4.27. The van der Waals surface area contributed by atoms with Crippen LogP contribution in [0.15, 0.2) is 23.4 Å². The van der Waals surface area contributed by atoms with Gasteiger partial charge in [0.05, 0.1) is 17.8 Å². The van der Waals surface area contributed by atoms with Gasteiger partial charge < -0.3 is 5.21 Å². The topological polar surface area (TPSA) is 56.4 Å². The summed E-state index contributed by atoms with van der Waals surface area (Å²) in [6, 6.07) is 7.43. The predicted molar refractivity (Wildman–Crippen MR) is 49.9 cm³/mol. The van der Waals surface area contributed by atoms with Gasteiger partial charge in [0.15, 0.2) is 0 Å². The second-order valence-corrected chi connectivity index (χ2v) is 2.63. The van der Waals surface area contributed by atoms with Gasteiger partial charge >= 0.3 is 0 Å². The Morgan fingerprint density at radius 3 is 2.92 bits per heavy atom. The van der Waals surface area contributed by atoms with Crippen LogP contribution < -0.4 is 0 Å². The molecule has 66 valence electrons. The van der Waals surface area contributed by atoms with Gasteiger partial charge in [0, 0.05) is 0 Å². The smallest absolute Gasteiger partial charge is 0.0994 e. The molecule has 1 N–H and O–H groups in total. The summed E-state index contributed by atoms with van der Waals surface area (Å²) >= 11 is 0. The number of oxime groups is 1. The molecule has 0 radical (unpaired) electrons. The van der Waals surface area contributed by atoms with Gasteiger partial charge in [-0.3, -0.25) is 0 Å². The maximum atomic E-state index is 8.74. The largest absolute Gasteiger partial charge is 0.411 e. The van der Waals surface area contributed by atoms with Crippen molar-refractivity contribution < 1.29 is 5.21 Å². The van der Waals surface area contributed by atoms with E-state index in [9.17, 15) is 0 Å². The van der Waals surface area contributed by atoms with Crippen LogP contribution in [-0.2, 0) is 6.42 Å². The number of benzene rings is 1. The summed E-state index contributed by atoms with van der Waals surface area (Å²) in [6.07, 6.45) is 2.15. The van der Waals surface area contributed by atoms with Crippen molar-refractivity contribution in [1.82, 2.24) is 0 Å². The van der Waals surface area contributed by atoms with Crippen molar-refractivity contribution in [2.75, 3.05) is 0 Å². The Morgan fingerprint density at radius 2 is 2.38 bits per heavy atom. The number of rotatable bonds is 2. The zero-order valence-electron chi connectivity index (χ0n) is 7.36. The maximum absolute atomic E-state index is 8.74. The number of hydrogen-bond donors (Lipinski definition) is 1. The molecule has 3 nitrogen and oxygen atoms in total. The fraction of sp³-hybridized carbons (Fsp3) is 0.200. The highest BCUT2D eigenvalue weighted by Gasteiger charge is 1.99. The molecule has 0 aliphatic carbocycles. The van der Waals surface area contributed by atoms with Crippen LogP contribution in [0.1, 0.15) is 23.6 Å². The van der Waals surface area contributed by atoms with Crippen molar-refractivity contribution in [2.24, 2.45) is 5.16 Å². The quantitative estimate of drug-likeness (QED) is 0.423. The number of nitrogens with zero attached hydrogens (tertiary/aromatic N) is 2. The van der Waals surface area contributed by atoms with E-state index in [1.54, 1.807) is 12.1 Å². The van der Waals surface area contributed by atoms with Crippen molar-refractivity contribution in [3.63, 3.8) is 0 Å². The zero-order chi connectivity index (χ0) is 9.68. The van der Waals surface area contributed by atoms with E-state index >= 15 is 0 Å². The molecule has 0 aliphatic heterocycles.